The first-order chi connectivity index (χ1) is 8.58. The van der Waals surface area contributed by atoms with E-state index in [0.29, 0.717) is 5.56 Å². The summed E-state index contributed by atoms with van der Waals surface area (Å²) < 4.78 is 0. The summed E-state index contributed by atoms with van der Waals surface area (Å²) in [5, 5.41) is 21.0. The van der Waals surface area contributed by atoms with E-state index in [2.05, 4.69) is 9.97 Å². The molecule has 2 aromatic rings. The predicted octanol–water partition coefficient (Wildman–Crippen LogP) is 1.96. The van der Waals surface area contributed by atoms with E-state index >= 15 is 0 Å². The molecule has 8 nitrogen and oxygen atoms in total. The van der Waals surface area contributed by atoms with Crippen LogP contribution in [0.3, 0.4) is 0 Å². The van der Waals surface area contributed by atoms with Crippen molar-refractivity contribution in [1.82, 2.24) is 9.97 Å². The van der Waals surface area contributed by atoms with Gasteiger partial charge in [0.05, 0.1) is 9.85 Å². The SMILES string of the molecule is O=[N+]([O-])c1cnc(-c2cccc([N+](=O)[O-])c2)nc1. The molecule has 18 heavy (non-hydrogen) atoms. The van der Waals surface area contributed by atoms with Crippen LogP contribution < -0.4 is 0 Å². The predicted molar refractivity (Wildman–Crippen MR) is 60.8 cm³/mol. The van der Waals surface area contributed by atoms with Gasteiger partial charge in [0.15, 0.2) is 5.82 Å². The van der Waals surface area contributed by atoms with Crippen LogP contribution in [-0.4, -0.2) is 19.8 Å². The zero-order valence-corrected chi connectivity index (χ0v) is 8.89. The maximum Gasteiger partial charge on any atom is 0.305 e. The van der Waals surface area contributed by atoms with Crippen LogP contribution >= 0.6 is 0 Å². The lowest BCUT2D eigenvalue weighted by molar-refractivity contribution is -0.385. The van der Waals surface area contributed by atoms with Gasteiger partial charge in [-0.05, 0) is 0 Å². The monoisotopic (exact) mass is 246 g/mol. The molecule has 90 valence electrons. The number of nitrogens with zero attached hydrogens (tertiary/aromatic N) is 4. The van der Waals surface area contributed by atoms with Crippen molar-refractivity contribution >= 4 is 11.4 Å². The second kappa shape index (κ2) is 4.53. The molecule has 0 fully saturated rings. The van der Waals surface area contributed by atoms with Gasteiger partial charge in [-0.2, -0.15) is 0 Å². The molecule has 0 saturated carbocycles. The van der Waals surface area contributed by atoms with Crippen LogP contribution in [0.25, 0.3) is 11.4 Å². The highest BCUT2D eigenvalue weighted by Crippen LogP contribution is 2.21. The summed E-state index contributed by atoms with van der Waals surface area (Å²) in [6.07, 6.45) is 2.11. The molecule has 0 aliphatic carbocycles. The van der Waals surface area contributed by atoms with Gasteiger partial charge in [-0.25, -0.2) is 9.97 Å². The normalized spacial score (nSPS) is 10.0. The number of nitro benzene ring substituents is 1. The summed E-state index contributed by atoms with van der Waals surface area (Å²) >= 11 is 0. The van der Waals surface area contributed by atoms with Crippen molar-refractivity contribution in [2.75, 3.05) is 0 Å². The average molecular weight is 246 g/mol. The van der Waals surface area contributed by atoms with Crippen molar-refractivity contribution in [2.45, 2.75) is 0 Å². The highest BCUT2D eigenvalue weighted by Gasteiger charge is 2.11. The van der Waals surface area contributed by atoms with E-state index < -0.39 is 9.85 Å². The van der Waals surface area contributed by atoms with Gasteiger partial charge in [0.1, 0.15) is 12.4 Å². The molecule has 0 aliphatic heterocycles. The number of hydrogen-bond acceptors (Lipinski definition) is 6. The van der Waals surface area contributed by atoms with Crippen LogP contribution in [0.2, 0.25) is 0 Å². The Balaban J connectivity index is 2.39. The number of nitro groups is 2. The third-order valence-corrected chi connectivity index (χ3v) is 2.16. The van der Waals surface area contributed by atoms with Gasteiger partial charge in [0, 0.05) is 17.7 Å². The largest absolute Gasteiger partial charge is 0.305 e. The van der Waals surface area contributed by atoms with Gasteiger partial charge in [-0.3, -0.25) is 20.2 Å². The van der Waals surface area contributed by atoms with E-state index in [-0.39, 0.29) is 17.2 Å². The molecule has 0 saturated heterocycles. The lowest BCUT2D eigenvalue weighted by atomic mass is 10.2. The summed E-state index contributed by atoms with van der Waals surface area (Å²) in [6.45, 7) is 0. The highest BCUT2D eigenvalue weighted by molar-refractivity contribution is 5.59. The highest BCUT2D eigenvalue weighted by atomic mass is 16.6. The minimum Gasteiger partial charge on any atom is -0.258 e. The molecule has 1 aromatic heterocycles. The molecule has 0 N–H and O–H groups in total. The van der Waals surface area contributed by atoms with Gasteiger partial charge in [-0.1, -0.05) is 12.1 Å². The number of rotatable bonds is 3. The molecule has 0 spiro atoms. The van der Waals surface area contributed by atoms with E-state index in [0.717, 1.165) is 12.4 Å². The van der Waals surface area contributed by atoms with Gasteiger partial charge >= 0.3 is 5.69 Å². The van der Waals surface area contributed by atoms with Crippen molar-refractivity contribution in [3.05, 3.63) is 56.9 Å². The van der Waals surface area contributed by atoms with Gasteiger partial charge < -0.3 is 0 Å². The number of benzene rings is 1. The molecule has 1 aromatic carbocycles. The Hall–Kier alpha value is -2.90. The molecule has 2 rings (SSSR count). The molecule has 0 amide bonds. The van der Waals surface area contributed by atoms with E-state index in [1.54, 1.807) is 6.07 Å². The quantitative estimate of drug-likeness (QED) is 0.604. The van der Waals surface area contributed by atoms with Gasteiger partial charge in [0.2, 0.25) is 0 Å². The summed E-state index contributed by atoms with van der Waals surface area (Å²) in [4.78, 5) is 27.5. The van der Waals surface area contributed by atoms with E-state index in [4.69, 9.17) is 0 Å². The second-order valence-electron chi connectivity index (χ2n) is 3.33. The maximum atomic E-state index is 10.6. The summed E-state index contributed by atoms with van der Waals surface area (Å²) in [5.74, 6) is 0.198. The third-order valence-electron chi connectivity index (χ3n) is 2.16. The van der Waals surface area contributed by atoms with Crippen LogP contribution in [0, 0.1) is 20.2 Å². The molecular formula is C10H6N4O4. The molecule has 0 atom stereocenters. The van der Waals surface area contributed by atoms with Gasteiger partial charge in [0.25, 0.3) is 5.69 Å². The minimum atomic E-state index is -0.614. The van der Waals surface area contributed by atoms with Crippen LogP contribution in [0.1, 0.15) is 0 Å². The fourth-order valence-electron chi connectivity index (χ4n) is 1.32. The average Bonchev–Trinajstić information content (AvgIpc) is 2.39. The summed E-state index contributed by atoms with van der Waals surface area (Å²) in [5.41, 5.74) is 0.109. The Morgan fingerprint density at radius 1 is 0.944 bits per heavy atom. The van der Waals surface area contributed by atoms with Gasteiger partial charge in [-0.15, -0.1) is 0 Å². The third kappa shape index (κ3) is 2.26. The minimum absolute atomic E-state index is 0.0885. The molecule has 0 radical (unpaired) electrons. The van der Waals surface area contributed by atoms with E-state index in [1.165, 1.54) is 18.2 Å². The van der Waals surface area contributed by atoms with Crippen molar-refractivity contribution < 1.29 is 9.85 Å². The van der Waals surface area contributed by atoms with Crippen LogP contribution in [0.15, 0.2) is 36.7 Å². The van der Waals surface area contributed by atoms with Crippen molar-refractivity contribution in [3.63, 3.8) is 0 Å². The van der Waals surface area contributed by atoms with Crippen LogP contribution in [0.4, 0.5) is 11.4 Å². The zero-order valence-electron chi connectivity index (χ0n) is 8.89. The lowest BCUT2D eigenvalue weighted by Gasteiger charge is -1.99. The number of non-ortho nitro benzene ring substituents is 1. The molecular weight excluding hydrogens is 240 g/mol. The smallest absolute Gasteiger partial charge is 0.258 e. The summed E-state index contributed by atoms with van der Waals surface area (Å²) in [7, 11) is 0. The second-order valence-corrected chi connectivity index (χ2v) is 3.33. The maximum absolute atomic E-state index is 10.6. The fraction of sp³-hybridized carbons (Fsp3) is 0. The van der Waals surface area contributed by atoms with E-state index in [1.807, 2.05) is 0 Å². The molecule has 0 bridgehead atoms. The standard InChI is InChI=1S/C10H6N4O4/c15-13(16)8-3-1-2-7(4-8)10-11-5-9(6-12-10)14(17)18/h1-6H. The van der Waals surface area contributed by atoms with E-state index in [9.17, 15) is 20.2 Å². The Kier molecular flexibility index (Phi) is 2.92. The summed E-state index contributed by atoms with van der Waals surface area (Å²) in [6, 6.07) is 5.74. The van der Waals surface area contributed by atoms with Crippen LogP contribution in [0.5, 0.6) is 0 Å². The van der Waals surface area contributed by atoms with Crippen LogP contribution in [-0.2, 0) is 0 Å². The number of aromatic nitrogens is 2. The topological polar surface area (TPSA) is 112 Å². The molecule has 0 unspecified atom stereocenters. The Morgan fingerprint density at radius 3 is 2.11 bits per heavy atom. The molecule has 0 aliphatic rings. The van der Waals surface area contributed by atoms with Crippen molar-refractivity contribution in [2.24, 2.45) is 0 Å². The zero-order chi connectivity index (χ0) is 13.1. The fourth-order valence-corrected chi connectivity index (χ4v) is 1.32. The Morgan fingerprint density at radius 2 is 1.56 bits per heavy atom. The first-order valence-corrected chi connectivity index (χ1v) is 4.79. The first kappa shape index (κ1) is 11.6. The van der Waals surface area contributed by atoms with Crippen molar-refractivity contribution in [3.8, 4) is 11.4 Å². The molecule has 1 heterocycles. The molecule has 8 heteroatoms. The number of hydrogen-bond donors (Lipinski definition) is 0. The Labute approximate surface area is 100 Å². The lowest BCUT2D eigenvalue weighted by Crippen LogP contribution is -1.94. The first-order valence-electron chi connectivity index (χ1n) is 4.79. The van der Waals surface area contributed by atoms with Crippen molar-refractivity contribution in [1.29, 1.82) is 0 Å². The Bertz CT molecular complexity index is 612.